The van der Waals surface area contributed by atoms with Gasteiger partial charge >= 0.3 is 29.0 Å². The summed E-state index contributed by atoms with van der Waals surface area (Å²) in [5.74, 6) is -1.83. The van der Waals surface area contributed by atoms with E-state index in [9.17, 15) is 25.0 Å². The van der Waals surface area contributed by atoms with Gasteiger partial charge in [-0.05, 0) is 86.9 Å². The monoisotopic (exact) mass is 635 g/mol. The van der Waals surface area contributed by atoms with E-state index in [4.69, 9.17) is 15.0 Å². The van der Waals surface area contributed by atoms with Crippen molar-refractivity contribution >= 4 is 62.4 Å². The Hall–Kier alpha value is -4.40. The Labute approximate surface area is 266 Å². The molecule has 0 radical (unpaired) electrons. The molecule has 0 saturated carbocycles. The zero-order valence-electron chi connectivity index (χ0n) is 25.4. The number of rotatable bonds is 8. The van der Waals surface area contributed by atoms with Crippen molar-refractivity contribution in [2.75, 3.05) is 0 Å². The van der Waals surface area contributed by atoms with Crippen molar-refractivity contribution in [1.29, 1.82) is 0 Å². The molecule has 3 aromatic heterocycles. The molecule has 228 valence electrons. The first kappa shape index (κ1) is 32.5. The van der Waals surface area contributed by atoms with Crippen LogP contribution in [0.1, 0.15) is 91.5 Å². The first-order valence-electron chi connectivity index (χ1n) is 14.3. The molecule has 2 aliphatic heterocycles. The maximum atomic E-state index is 11.5. The van der Waals surface area contributed by atoms with Gasteiger partial charge in [0.15, 0.2) is 0 Å². The molecule has 0 aromatic carbocycles. The first-order chi connectivity index (χ1) is 20.4. The molecule has 0 amide bonds. The molecule has 8 bridgehead atoms. The van der Waals surface area contributed by atoms with Gasteiger partial charge in [-0.15, -0.1) is 11.0 Å². The van der Waals surface area contributed by atoms with E-state index in [0.717, 1.165) is 67.1 Å². The van der Waals surface area contributed by atoms with Crippen LogP contribution in [0.2, 0.25) is 0 Å². The number of hydrogen-bond donors (Lipinski definition) is 3. The molecule has 5 rings (SSSR count). The second-order valence-corrected chi connectivity index (χ2v) is 11.0. The average Bonchev–Trinajstić information content (AvgIpc) is 3.59. The normalized spacial score (nSPS) is 12.8. The molecule has 2 aliphatic rings. The van der Waals surface area contributed by atoms with E-state index >= 15 is 0 Å². The largest absolute Gasteiger partial charge is 2.00 e. The zero-order chi connectivity index (χ0) is 31.2. The van der Waals surface area contributed by atoms with Gasteiger partial charge in [-0.25, -0.2) is 9.97 Å². The third kappa shape index (κ3) is 5.75. The Morgan fingerprint density at radius 2 is 1.36 bits per heavy atom. The fourth-order valence-electron chi connectivity index (χ4n) is 6.02. The summed E-state index contributed by atoms with van der Waals surface area (Å²) in [7, 11) is 0. The quantitative estimate of drug-likeness (QED) is 0.177. The van der Waals surface area contributed by atoms with Crippen LogP contribution in [-0.2, 0) is 33.1 Å². The van der Waals surface area contributed by atoms with E-state index in [0.29, 0.717) is 33.5 Å². The Kier molecular flexibility index (Phi) is 9.37. The molecule has 0 atom stereocenters. The number of fused-ring (bicyclic) bond motifs is 8. The first-order valence-corrected chi connectivity index (χ1v) is 14.3. The Balaban J connectivity index is 0.00000442. The summed E-state index contributed by atoms with van der Waals surface area (Å²) in [4.78, 5) is 37.9. The van der Waals surface area contributed by atoms with Crippen LogP contribution in [-0.4, -0.2) is 42.1 Å². The summed E-state index contributed by atoms with van der Waals surface area (Å²) in [6.07, 6.45) is 2.84. The van der Waals surface area contributed by atoms with Crippen molar-refractivity contribution in [2.24, 2.45) is 0 Å². The topological polar surface area (TPSA) is 140 Å². The van der Waals surface area contributed by atoms with Crippen LogP contribution in [0.5, 0.6) is 0 Å². The van der Waals surface area contributed by atoms with Gasteiger partial charge in [-0.2, -0.15) is 4.73 Å². The van der Waals surface area contributed by atoms with Crippen LogP contribution in [0.15, 0.2) is 30.8 Å². The number of aryl methyl sites for hydroxylation is 3. The number of carboxylic acids is 2. The van der Waals surface area contributed by atoms with Crippen molar-refractivity contribution in [3.8, 4) is 0 Å². The van der Waals surface area contributed by atoms with Gasteiger partial charge in [0.2, 0.25) is 0 Å². The standard InChI is InChI=1S/C34H36N4O5.Fe/c1-7-21-17(3)25-13-26-18(4)23(9-11-33(39)40)28(35-26)14-29-24(10-12-34(41)42)19(5)27(37-29)15-32-22(8-2)20(6)31(38(32)43)16-30(21)36-25;/h8,13-16,43H,2,7,9-12H2,1,3-6H3,(H3,35,36,37,39,40,41,42);/q;+2/p-1. The van der Waals surface area contributed by atoms with E-state index in [1.54, 1.807) is 12.1 Å². The second-order valence-electron chi connectivity index (χ2n) is 11.0. The third-order valence-electron chi connectivity index (χ3n) is 8.51. The van der Waals surface area contributed by atoms with Crippen molar-refractivity contribution in [3.05, 3.63) is 75.9 Å². The van der Waals surface area contributed by atoms with Crippen molar-refractivity contribution in [1.82, 2.24) is 19.7 Å². The van der Waals surface area contributed by atoms with Gasteiger partial charge in [0, 0.05) is 18.4 Å². The summed E-state index contributed by atoms with van der Waals surface area (Å²) >= 11 is 0. The zero-order valence-corrected chi connectivity index (χ0v) is 26.5. The number of nitrogens with zero attached hydrogens (tertiary/aromatic N) is 4. The molecule has 0 aliphatic carbocycles. The van der Waals surface area contributed by atoms with Crippen molar-refractivity contribution in [2.45, 2.75) is 66.7 Å². The van der Waals surface area contributed by atoms with Gasteiger partial charge in [-0.1, -0.05) is 42.8 Å². The molecule has 9 nitrogen and oxygen atoms in total. The van der Waals surface area contributed by atoms with Crippen LogP contribution >= 0.6 is 0 Å². The number of allylic oxidation sites excluding steroid dienone is 4. The Morgan fingerprint density at radius 1 is 0.818 bits per heavy atom. The maximum Gasteiger partial charge on any atom is 2.00 e. The molecule has 0 spiro atoms. The fraction of sp³-hybridized carbons (Fsp3) is 0.294. The van der Waals surface area contributed by atoms with Crippen LogP contribution in [0.4, 0.5) is 0 Å². The Bertz CT molecular complexity index is 1940. The molecule has 3 N–H and O–H groups in total. The average molecular weight is 636 g/mol. The smallest absolute Gasteiger partial charge is 0.657 e. The van der Waals surface area contributed by atoms with Gasteiger partial charge in [0.25, 0.3) is 0 Å². The number of hydrogen-bond acceptors (Lipinski definition) is 5. The minimum absolute atomic E-state index is 0. The molecule has 3 aromatic rings. The van der Waals surface area contributed by atoms with Crippen molar-refractivity contribution in [3.63, 3.8) is 0 Å². The predicted molar refractivity (Wildman–Crippen MR) is 168 cm³/mol. The minimum atomic E-state index is -0.922. The van der Waals surface area contributed by atoms with Crippen LogP contribution in [0.25, 0.3) is 50.4 Å². The molecule has 0 fully saturated rings. The number of carbonyl (C=O) groups is 2. The van der Waals surface area contributed by atoms with Crippen LogP contribution < -0.4 is 4.98 Å². The van der Waals surface area contributed by atoms with Crippen molar-refractivity contribution < 1.29 is 42.1 Å². The van der Waals surface area contributed by atoms with Crippen LogP contribution in [0.3, 0.4) is 0 Å². The summed E-state index contributed by atoms with van der Waals surface area (Å²) in [6.45, 7) is 13.8. The Morgan fingerprint density at radius 3 is 1.98 bits per heavy atom. The van der Waals surface area contributed by atoms with E-state index in [-0.39, 0.29) is 42.8 Å². The van der Waals surface area contributed by atoms with Gasteiger partial charge < -0.3 is 20.4 Å². The maximum absolute atomic E-state index is 11.5. The molecular weight excluding hydrogens is 600 g/mol. The minimum Gasteiger partial charge on any atom is -0.657 e. The molecule has 0 saturated heterocycles. The van der Waals surface area contributed by atoms with E-state index < -0.39 is 11.9 Å². The SMILES string of the molecule is C=Cc1c(C)c2cc3nc(cc4[n-]c(cc5nc(cc1n2O)C(C)=C5CCC(=O)O)c(CCC(=O)O)c4C)C(C)=C3CC.[Fe+2]. The second kappa shape index (κ2) is 12.7. The molecule has 10 heteroatoms. The van der Waals surface area contributed by atoms with E-state index in [2.05, 4.69) is 13.5 Å². The summed E-state index contributed by atoms with van der Waals surface area (Å²) < 4.78 is 1.14. The summed E-state index contributed by atoms with van der Waals surface area (Å²) in [5, 5.41) is 30.4. The fourth-order valence-corrected chi connectivity index (χ4v) is 6.02. The number of aliphatic carboxylic acids is 2. The molecule has 5 heterocycles. The molecular formula is C34H35FeN4O5+. The van der Waals surface area contributed by atoms with E-state index in [1.165, 1.54) is 0 Å². The number of aromatic nitrogens is 4. The molecule has 0 unspecified atom stereocenters. The summed E-state index contributed by atoms with van der Waals surface area (Å²) in [5.41, 5.74) is 11.9. The van der Waals surface area contributed by atoms with E-state index in [1.807, 2.05) is 45.9 Å². The van der Waals surface area contributed by atoms with Gasteiger partial charge in [0.05, 0.1) is 33.8 Å². The third-order valence-corrected chi connectivity index (χ3v) is 8.51. The van der Waals surface area contributed by atoms with Gasteiger partial charge in [0.1, 0.15) is 0 Å². The van der Waals surface area contributed by atoms with Crippen LogP contribution in [0, 0.1) is 13.8 Å². The molecule has 44 heavy (non-hydrogen) atoms. The number of carboxylic acid groups (broad SMARTS) is 2. The summed E-state index contributed by atoms with van der Waals surface area (Å²) in [6, 6.07) is 7.41. The van der Waals surface area contributed by atoms with Gasteiger partial charge in [-0.3, -0.25) is 9.59 Å². The predicted octanol–water partition coefficient (Wildman–Crippen LogP) is 7.07.